The van der Waals surface area contributed by atoms with Crippen LogP contribution in [0.25, 0.3) is 16.6 Å². The van der Waals surface area contributed by atoms with Gasteiger partial charge in [0.15, 0.2) is 5.82 Å². The number of anilines is 1. The van der Waals surface area contributed by atoms with Crippen molar-refractivity contribution >= 4 is 28.8 Å². The second kappa shape index (κ2) is 15.4. The molecule has 3 aliphatic heterocycles. The van der Waals surface area contributed by atoms with Crippen LogP contribution in [0.15, 0.2) is 74.8 Å². The molecular weight excluding hydrogens is 808 g/mol. The summed E-state index contributed by atoms with van der Waals surface area (Å²) in [6, 6.07) is 17.9. The maximum Gasteiger partial charge on any atom is 0.438 e. The monoisotopic (exact) mass is 856 g/mol. The number of H-pyrrole nitrogens is 1. The first-order chi connectivity index (χ1) is 30.4. The third kappa shape index (κ3) is 6.64. The molecule has 4 aliphatic rings. The van der Waals surface area contributed by atoms with E-state index in [0.29, 0.717) is 84.0 Å². The lowest BCUT2D eigenvalue weighted by Crippen LogP contribution is -2.45. The van der Waals surface area contributed by atoms with Gasteiger partial charge >= 0.3 is 11.8 Å². The van der Waals surface area contributed by atoms with Gasteiger partial charge in [-0.2, -0.15) is 0 Å². The van der Waals surface area contributed by atoms with Crippen molar-refractivity contribution in [2.75, 3.05) is 44.9 Å². The Morgan fingerprint density at radius 1 is 0.968 bits per heavy atom. The molecule has 1 N–H and O–H groups in total. The fourth-order valence-corrected chi connectivity index (χ4v) is 10.1. The lowest BCUT2D eigenvalue weighted by atomic mass is 9.91. The molecule has 0 unspecified atom stereocenters. The lowest BCUT2D eigenvalue weighted by Gasteiger charge is -2.36. The van der Waals surface area contributed by atoms with Gasteiger partial charge in [-0.25, -0.2) is 23.5 Å². The second-order valence-electron chi connectivity index (χ2n) is 17.5. The Balaban J connectivity index is 1.06. The summed E-state index contributed by atoms with van der Waals surface area (Å²) >= 11 is 0. The van der Waals surface area contributed by atoms with E-state index >= 15 is 9.18 Å². The summed E-state index contributed by atoms with van der Waals surface area (Å²) < 4.78 is 34.4. The lowest BCUT2D eigenvalue weighted by molar-refractivity contribution is 0.0658. The highest BCUT2D eigenvalue weighted by Gasteiger charge is 2.59. The van der Waals surface area contributed by atoms with E-state index in [1.165, 1.54) is 15.0 Å². The molecule has 6 heterocycles. The van der Waals surface area contributed by atoms with Crippen molar-refractivity contribution in [3.05, 3.63) is 132 Å². The topological polar surface area (TPSA) is 161 Å². The average molecular weight is 857 g/mol. The van der Waals surface area contributed by atoms with Gasteiger partial charge in [0, 0.05) is 55.9 Å². The Bertz CT molecular complexity index is 2910. The third-order valence-corrected chi connectivity index (χ3v) is 13.7. The van der Waals surface area contributed by atoms with Gasteiger partial charge in [-0.1, -0.05) is 30.3 Å². The van der Waals surface area contributed by atoms with E-state index in [1.54, 1.807) is 42.9 Å². The van der Waals surface area contributed by atoms with Crippen molar-refractivity contribution in [2.45, 2.75) is 77.4 Å². The van der Waals surface area contributed by atoms with Gasteiger partial charge in [0.25, 0.3) is 11.5 Å². The van der Waals surface area contributed by atoms with Crippen LogP contribution in [0.1, 0.15) is 94.9 Å². The zero-order chi connectivity index (χ0) is 43.9. The highest BCUT2D eigenvalue weighted by Crippen LogP contribution is 2.56. The number of carbonyl (C=O) groups excluding carboxylic acids is 2. The molecule has 3 fully saturated rings. The Kier molecular flexibility index (Phi) is 9.88. The molecule has 0 spiro atoms. The van der Waals surface area contributed by atoms with Crippen LogP contribution in [0, 0.1) is 25.6 Å². The Morgan fingerprint density at radius 3 is 2.37 bits per heavy atom. The van der Waals surface area contributed by atoms with Crippen molar-refractivity contribution in [3.8, 4) is 11.4 Å². The van der Waals surface area contributed by atoms with Gasteiger partial charge < -0.3 is 23.8 Å². The number of ether oxygens (including phenoxy) is 2. The van der Waals surface area contributed by atoms with Crippen molar-refractivity contribution in [1.29, 1.82) is 0 Å². The van der Waals surface area contributed by atoms with Crippen molar-refractivity contribution < 1.29 is 28.0 Å². The molecule has 10 rings (SSSR count). The number of benzene rings is 3. The van der Waals surface area contributed by atoms with E-state index in [2.05, 4.69) is 35.3 Å². The van der Waals surface area contributed by atoms with E-state index in [4.69, 9.17) is 19.0 Å². The highest BCUT2D eigenvalue weighted by molar-refractivity contribution is 6.00. The van der Waals surface area contributed by atoms with Gasteiger partial charge in [0.2, 0.25) is 5.95 Å². The number of aryl methyl sites for hydroxylation is 2. The van der Waals surface area contributed by atoms with E-state index in [0.717, 1.165) is 29.3 Å². The Hall–Kier alpha value is -6.55. The number of nitrogens with one attached hydrogen (secondary N) is 1. The first-order valence-corrected chi connectivity index (χ1v) is 21.6. The zero-order valence-electron chi connectivity index (χ0n) is 35.9. The fourth-order valence-electron chi connectivity index (χ4n) is 10.1. The van der Waals surface area contributed by atoms with Crippen LogP contribution >= 0.6 is 0 Å². The number of carbonyl (C=O) groups is 2. The molecule has 16 heteroatoms. The quantitative estimate of drug-likeness (QED) is 0.171. The maximum atomic E-state index is 15.3. The van der Waals surface area contributed by atoms with Gasteiger partial charge in [0.1, 0.15) is 22.8 Å². The van der Waals surface area contributed by atoms with Crippen LogP contribution in [-0.4, -0.2) is 86.0 Å². The van der Waals surface area contributed by atoms with Crippen molar-refractivity contribution in [3.63, 3.8) is 0 Å². The number of aromatic nitrogens is 5. The summed E-state index contributed by atoms with van der Waals surface area (Å²) in [5.74, 6) is 0.175. The summed E-state index contributed by atoms with van der Waals surface area (Å²) in [4.78, 5) is 69.7. The van der Waals surface area contributed by atoms with Crippen molar-refractivity contribution in [1.82, 2.24) is 34.1 Å². The number of methoxy groups -OCH3 is 1. The minimum absolute atomic E-state index is 0.0128. The average Bonchev–Trinajstić information content (AvgIpc) is 3.58. The number of amides is 3. The van der Waals surface area contributed by atoms with E-state index in [-0.39, 0.29) is 54.7 Å². The zero-order valence-corrected chi connectivity index (χ0v) is 35.9. The Labute approximate surface area is 362 Å². The number of fused-ring (bicyclic) bond motifs is 2. The molecule has 0 radical (unpaired) electrons. The first kappa shape index (κ1) is 40.5. The molecule has 326 valence electrons. The molecule has 3 aromatic carbocycles. The number of hydrogen-bond donors (Lipinski definition) is 1. The molecule has 15 nitrogen and oxygen atoms in total. The predicted molar refractivity (Wildman–Crippen MR) is 231 cm³/mol. The number of halogens is 1. The van der Waals surface area contributed by atoms with Crippen LogP contribution in [0.2, 0.25) is 0 Å². The van der Waals surface area contributed by atoms with Crippen LogP contribution in [0.5, 0.6) is 5.75 Å². The normalized spacial score (nSPS) is 21.4. The summed E-state index contributed by atoms with van der Waals surface area (Å²) in [7, 11) is 1.60. The predicted octanol–water partition coefficient (Wildman–Crippen LogP) is 6.51. The summed E-state index contributed by atoms with van der Waals surface area (Å²) in [6.07, 6.45) is 2.63. The first-order valence-electron chi connectivity index (χ1n) is 21.6. The van der Waals surface area contributed by atoms with Crippen LogP contribution in [-0.2, 0) is 23.2 Å². The number of nitrogens with zero attached hydrogens (tertiary/aromatic N) is 7. The molecule has 3 aromatic heterocycles. The molecule has 2 saturated heterocycles. The number of aromatic amines is 1. The van der Waals surface area contributed by atoms with Gasteiger partial charge in [-0.05, 0) is 123 Å². The second-order valence-corrected chi connectivity index (χ2v) is 17.5. The fraction of sp³-hybridized carbons (Fsp3) is 0.404. The van der Waals surface area contributed by atoms with E-state index < -0.39 is 17.3 Å². The van der Waals surface area contributed by atoms with E-state index in [9.17, 15) is 14.4 Å². The SMILES string of the molecule is COc1ccc(CN2CCN(c3nc4c(c(=O)n3-c3cc(C)c(F)c(C)c3)CCN(C(=O)c3cc5cc(C6CCOCC6)ccc5n3[C@@]3(c5noc(=O)[nH]5)C[C@@H]3C)[C@@H]4C)C2=O)cc1. The minimum Gasteiger partial charge on any atom is -0.497 e. The Morgan fingerprint density at radius 2 is 1.70 bits per heavy atom. The van der Waals surface area contributed by atoms with E-state index in [1.807, 2.05) is 41.8 Å². The molecule has 3 atom stereocenters. The third-order valence-electron chi connectivity index (χ3n) is 13.7. The minimum atomic E-state index is -0.839. The molecule has 63 heavy (non-hydrogen) atoms. The van der Waals surface area contributed by atoms with Crippen molar-refractivity contribution in [2.24, 2.45) is 5.92 Å². The number of urea groups is 1. The summed E-state index contributed by atoms with van der Waals surface area (Å²) in [5.41, 5.74) is 4.02. The molecule has 1 saturated carbocycles. The largest absolute Gasteiger partial charge is 0.497 e. The molecule has 6 aromatic rings. The van der Waals surface area contributed by atoms with Gasteiger partial charge in [-0.15, -0.1) is 0 Å². The smallest absolute Gasteiger partial charge is 0.438 e. The number of rotatable bonds is 9. The van der Waals surface area contributed by atoms with Crippen LogP contribution in [0.4, 0.5) is 15.1 Å². The summed E-state index contributed by atoms with van der Waals surface area (Å²) in [5, 5.41) is 5.03. The molecule has 0 bridgehead atoms. The standard InChI is InChI=1S/C47H49FN8O7/c1-26-20-34(21-27(2)39(26)48)55-41(57)36-12-15-53(29(4)40(36)49-44(55)54-17-16-52(46(54)60)25-30-6-9-35(61-5)10-7-30)42(58)38-23-33-22-32(31-13-18-62-19-14-31)8-11-37(33)56(38)47(24-28(47)3)43-50-45(59)63-51-43/h6-11,20-23,28-29,31H,12-19,24-25H2,1-5H3,(H,50,51,59)/t28-,29+,47-/m0/s1. The van der Waals surface area contributed by atoms with Crippen LogP contribution < -0.4 is 21.0 Å². The van der Waals surface area contributed by atoms with Gasteiger partial charge in [0.05, 0.1) is 24.5 Å². The van der Waals surface area contributed by atoms with Gasteiger partial charge in [-0.3, -0.25) is 24.0 Å². The molecule has 1 aliphatic carbocycles. The summed E-state index contributed by atoms with van der Waals surface area (Å²) in [6.45, 7) is 9.74. The highest BCUT2D eigenvalue weighted by atomic mass is 19.1. The number of hydrogen-bond acceptors (Lipinski definition) is 9. The maximum absolute atomic E-state index is 15.3. The molecular formula is C47H49FN8O7. The van der Waals surface area contributed by atoms with Crippen LogP contribution in [0.3, 0.4) is 0 Å². The molecule has 3 amide bonds.